The number of halogens is 4. The van der Waals surface area contributed by atoms with Crippen LogP contribution < -0.4 is 4.74 Å². The highest BCUT2D eigenvalue weighted by atomic mass is 35.5. The van der Waals surface area contributed by atoms with Gasteiger partial charge in [-0.25, -0.2) is 4.68 Å². The molecule has 0 saturated carbocycles. The van der Waals surface area contributed by atoms with Crippen molar-refractivity contribution < 1.29 is 17.9 Å². The first-order valence-corrected chi connectivity index (χ1v) is 8.24. The Morgan fingerprint density at radius 3 is 2.35 bits per heavy atom. The molecule has 26 heavy (non-hydrogen) atoms. The standard InChI is InChI=1S/C19H16ClF3N2O/c1-12-6-8-15(9-7-12)26-11-16-17(20)18(19(21,22)23)24-25(16)14-5-3-4-13(2)10-14/h3-10H,11H2,1-2H3. The lowest BCUT2D eigenvalue weighted by Crippen LogP contribution is -2.08. The number of aromatic nitrogens is 2. The van der Waals surface area contributed by atoms with Crippen molar-refractivity contribution in [3.05, 3.63) is 76.1 Å². The van der Waals surface area contributed by atoms with Crippen LogP contribution in [-0.4, -0.2) is 9.78 Å². The number of benzene rings is 2. The van der Waals surface area contributed by atoms with Gasteiger partial charge in [0.1, 0.15) is 18.1 Å². The Labute approximate surface area is 154 Å². The van der Waals surface area contributed by atoms with Gasteiger partial charge in [0.2, 0.25) is 0 Å². The van der Waals surface area contributed by atoms with Crippen molar-refractivity contribution in [1.82, 2.24) is 9.78 Å². The zero-order valence-corrected chi connectivity index (χ0v) is 14.9. The van der Waals surface area contributed by atoms with E-state index in [1.165, 1.54) is 4.68 Å². The highest BCUT2D eigenvalue weighted by Gasteiger charge is 2.39. The zero-order valence-electron chi connectivity index (χ0n) is 14.1. The fraction of sp³-hybridized carbons (Fsp3) is 0.211. The molecular weight excluding hydrogens is 365 g/mol. The first-order chi connectivity index (χ1) is 12.3. The third-order valence-corrected chi connectivity index (χ3v) is 4.23. The van der Waals surface area contributed by atoms with Crippen LogP contribution in [0.15, 0.2) is 48.5 Å². The van der Waals surface area contributed by atoms with E-state index in [4.69, 9.17) is 16.3 Å². The van der Waals surface area contributed by atoms with Crippen molar-refractivity contribution in [2.24, 2.45) is 0 Å². The summed E-state index contributed by atoms with van der Waals surface area (Å²) in [7, 11) is 0. The van der Waals surface area contributed by atoms with E-state index in [0.29, 0.717) is 11.4 Å². The van der Waals surface area contributed by atoms with Crippen LogP contribution in [0.4, 0.5) is 13.2 Å². The smallest absolute Gasteiger partial charge is 0.436 e. The maximum atomic E-state index is 13.2. The summed E-state index contributed by atoms with van der Waals surface area (Å²) in [5.74, 6) is 0.539. The number of alkyl halides is 3. The highest BCUT2D eigenvalue weighted by molar-refractivity contribution is 6.32. The Hall–Kier alpha value is -2.47. The van der Waals surface area contributed by atoms with Crippen LogP contribution >= 0.6 is 11.6 Å². The molecule has 3 rings (SSSR count). The van der Waals surface area contributed by atoms with Crippen LogP contribution in [0.2, 0.25) is 5.02 Å². The molecule has 1 heterocycles. The Morgan fingerprint density at radius 1 is 1.04 bits per heavy atom. The molecule has 3 nitrogen and oxygen atoms in total. The molecule has 0 aliphatic heterocycles. The molecule has 0 atom stereocenters. The fourth-order valence-electron chi connectivity index (χ4n) is 2.50. The Morgan fingerprint density at radius 2 is 1.73 bits per heavy atom. The summed E-state index contributed by atoms with van der Waals surface area (Å²) in [5, 5.41) is 3.25. The Kier molecular flexibility index (Phi) is 4.96. The molecule has 7 heteroatoms. The molecule has 0 radical (unpaired) electrons. The summed E-state index contributed by atoms with van der Waals surface area (Å²) in [5.41, 5.74) is 1.46. The lowest BCUT2D eigenvalue weighted by Gasteiger charge is -2.10. The van der Waals surface area contributed by atoms with Gasteiger partial charge in [0.05, 0.1) is 10.7 Å². The molecule has 0 aliphatic rings. The lowest BCUT2D eigenvalue weighted by molar-refractivity contribution is -0.141. The predicted octanol–water partition coefficient (Wildman–Crippen LogP) is 5.74. The van der Waals surface area contributed by atoms with E-state index >= 15 is 0 Å². The first-order valence-electron chi connectivity index (χ1n) is 7.87. The van der Waals surface area contributed by atoms with Gasteiger partial charge in [-0.1, -0.05) is 41.4 Å². The highest BCUT2D eigenvalue weighted by Crippen LogP contribution is 2.37. The Bertz CT molecular complexity index is 918. The van der Waals surface area contributed by atoms with Gasteiger partial charge in [-0.3, -0.25) is 0 Å². The van der Waals surface area contributed by atoms with Gasteiger partial charge in [-0.05, 0) is 43.7 Å². The molecule has 136 valence electrons. The third-order valence-electron chi connectivity index (χ3n) is 3.83. The van der Waals surface area contributed by atoms with Crippen molar-refractivity contribution in [1.29, 1.82) is 0 Å². The van der Waals surface area contributed by atoms with Crippen molar-refractivity contribution in [3.63, 3.8) is 0 Å². The van der Waals surface area contributed by atoms with E-state index in [1.54, 1.807) is 30.3 Å². The van der Waals surface area contributed by atoms with E-state index in [2.05, 4.69) is 5.10 Å². The average molecular weight is 381 g/mol. The second-order valence-electron chi connectivity index (χ2n) is 5.96. The van der Waals surface area contributed by atoms with Crippen molar-refractivity contribution in [2.75, 3.05) is 0 Å². The number of rotatable bonds is 4. The molecule has 1 aromatic heterocycles. The predicted molar refractivity (Wildman–Crippen MR) is 93.8 cm³/mol. The molecule has 0 bridgehead atoms. The monoisotopic (exact) mass is 380 g/mol. The number of nitrogens with zero attached hydrogens (tertiary/aromatic N) is 2. The minimum atomic E-state index is -4.65. The second kappa shape index (κ2) is 7.03. The summed E-state index contributed by atoms with van der Waals surface area (Å²) in [4.78, 5) is 0. The third kappa shape index (κ3) is 3.85. The summed E-state index contributed by atoms with van der Waals surface area (Å²) >= 11 is 6.01. The van der Waals surface area contributed by atoms with Gasteiger partial charge in [0.25, 0.3) is 0 Å². The lowest BCUT2D eigenvalue weighted by atomic mass is 10.2. The summed E-state index contributed by atoms with van der Waals surface area (Å²) < 4.78 is 46.6. The number of ether oxygens (including phenoxy) is 1. The normalized spacial score (nSPS) is 11.6. The quantitative estimate of drug-likeness (QED) is 0.577. The second-order valence-corrected chi connectivity index (χ2v) is 6.34. The van der Waals surface area contributed by atoms with E-state index in [-0.39, 0.29) is 12.3 Å². The summed E-state index contributed by atoms with van der Waals surface area (Å²) in [6.45, 7) is 3.64. The van der Waals surface area contributed by atoms with Gasteiger partial charge in [0.15, 0.2) is 5.69 Å². The van der Waals surface area contributed by atoms with E-state index in [0.717, 1.165) is 11.1 Å². The minimum Gasteiger partial charge on any atom is -0.487 e. The summed E-state index contributed by atoms with van der Waals surface area (Å²) in [6, 6.07) is 14.2. The maximum absolute atomic E-state index is 13.2. The van der Waals surface area contributed by atoms with Crippen molar-refractivity contribution in [3.8, 4) is 11.4 Å². The van der Waals surface area contributed by atoms with Gasteiger partial charge in [0, 0.05) is 0 Å². The largest absolute Gasteiger partial charge is 0.487 e. The molecular formula is C19H16ClF3N2O. The van der Waals surface area contributed by atoms with Gasteiger partial charge in [-0.2, -0.15) is 18.3 Å². The van der Waals surface area contributed by atoms with E-state index in [1.807, 2.05) is 32.0 Å². The molecule has 3 aromatic rings. The van der Waals surface area contributed by atoms with Crippen molar-refractivity contribution >= 4 is 11.6 Å². The molecule has 0 unspecified atom stereocenters. The molecule has 0 amide bonds. The van der Waals surface area contributed by atoms with Gasteiger partial charge >= 0.3 is 6.18 Å². The molecule has 0 saturated heterocycles. The Balaban J connectivity index is 2.01. The van der Waals surface area contributed by atoms with Crippen LogP contribution in [0.3, 0.4) is 0 Å². The topological polar surface area (TPSA) is 27.1 Å². The maximum Gasteiger partial charge on any atom is 0.436 e. The number of hydrogen-bond donors (Lipinski definition) is 0. The molecule has 0 aliphatic carbocycles. The minimum absolute atomic E-state index is 0.140. The molecule has 0 N–H and O–H groups in total. The van der Waals surface area contributed by atoms with Crippen LogP contribution in [0.25, 0.3) is 5.69 Å². The van der Waals surface area contributed by atoms with Gasteiger partial charge in [-0.15, -0.1) is 0 Å². The van der Waals surface area contributed by atoms with Gasteiger partial charge < -0.3 is 4.74 Å². The SMILES string of the molecule is Cc1ccc(OCc2c(Cl)c(C(F)(F)F)nn2-c2cccc(C)c2)cc1. The van der Waals surface area contributed by atoms with Crippen molar-refractivity contribution in [2.45, 2.75) is 26.6 Å². The van der Waals surface area contributed by atoms with Crippen LogP contribution in [-0.2, 0) is 12.8 Å². The van der Waals surface area contributed by atoms with Crippen LogP contribution in [0, 0.1) is 13.8 Å². The van der Waals surface area contributed by atoms with Crippen LogP contribution in [0.1, 0.15) is 22.5 Å². The van der Waals surface area contributed by atoms with E-state index < -0.39 is 16.9 Å². The van der Waals surface area contributed by atoms with E-state index in [9.17, 15) is 13.2 Å². The van der Waals surface area contributed by atoms with Crippen LogP contribution in [0.5, 0.6) is 5.75 Å². The summed E-state index contributed by atoms with van der Waals surface area (Å²) in [6.07, 6.45) is -4.65. The number of aryl methyl sites for hydroxylation is 2. The zero-order chi connectivity index (χ0) is 18.9. The molecule has 0 spiro atoms. The fourth-order valence-corrected chi connectivity index (χ4v) is 2.78. The average Bonchev–Trinajstić information content (AvgIpc) is 2.91. The molecule has 0 fully saturated rings. The molecule has 2 aromatic carbocycles. The number of hydrogen-bond acceptors (Lipinski definition) is 2. The first kappa shape index (κ1) is 18.3.